The predicted molar refractivity (Wildman–Crippen MR) is 69.6 cm³/mol. The summed E-state index contributed by atoms with van der Waals surface area (Å²) in [7, 11) is -3.83. The minimum atomic E-state index is -3.83. The van der Waals surface area contributed by atoms with Gasteiger partial charge in [-0.3, -0.25) is 4.79 Å². The van der Waals surface area contributed by atoms with E-state index in [1.807, 2.05) is 0 Å². The lowest BCUT2D eigenvalue weighted by Crippen LogP contribution is -2.29. The number of hydrogen-bond donors (Lipinski definition) is 3. The molecule has 2 heterocycles. The number of H-pyrrole nitrogens is 2. The van der Waals surface area contributed by atoms with Gasteiger partial charge in [0.25, 0.3) is 5.56 Å². The van der Waals surface area contributed by atoms with Crippen molar-refractivity contribution in [2.75, 3.05) is 0 Å². The normalized spacial score (nSPS) is 11.6. The average molecular weight is 332 g/mol. The van der Waals surface area contributed by atoms with Gasteiger partial charge in [0.15, 0.2) is 0 Å². The molecule has 0 aliphatic heterocycles. The number of halogens is 1. The lowest BCUT2D eigenvalue weighted by Gasteiger charge is -2.05. The van der Waals surface area contributed by atoms with Crippen LogP contribution in [0.15, 0.2) is 44.8 Å². The van der Waals surface area contributed by atoms with E-state index < -0.39 is 15.6 Å². The van der Waals surface area contributed by atoms with Gasteiger partial charge in [0, 0.05) is 22.6 Å². The highest BCUT2D eigenvalue weighted by Crippen LogP contribution is 2.11. The molecule has 0 saturated heterocycles. The van der Waals surface area contributed by atoms with Crippen LogP contribution in [0.25, 0.3) is 0 Å². The molecule has 0 saturated carbocycles. The molecule has 2 aromatic heterocycles. The number of aromatic nitrogens is 2. The minimum Gasteiger partial charge on any atom is -0.364 e. The van der Waals surface area contributed by atoms with Crippen LogP contribution in [0.1, 0.15) is 5.69 Å². The van der Waals surface area contributed by atoms with Crippen molar-refractivity contribution in [2.24, 2.45) is 0 Å². The van der Waals surface area contributed by atoms with Crippen LogP contribution in [-0.2, 0) is 16.6 Å². The van der Waals surface area contributed by atoms with E-state index >= 15 is 0 Å². The summed E-state index contributed by atoms with van der Waals surface area (Å²) in [5, 5.41) is 0. The zero-order valence-electron chi connectivity index (χ0n) is 9.10. The van der Waals surface area contributed by atoms with Crippen molar-refractivity contribution in [1.82, 2.24) is 14.7 Å². The molecule has 6 nitrogen and oxygen atoms in total. The van der Waals surface area contributed by atoms with Crippen LogP contribution < -0.4 is 10.3 Å². The third-order valence-corrected chi connectivity index (χ3v) is 4.10. The Labute approximate surface area is 112 Å². The van der Waals surface area contributed by atoms with E-state index in [-0.39, 0.29) is 11.4 Å². The Kier molecular flexibility index (Phi) is 3.69. The molecule has 0 atom stereocenters. The van der Waals surface area contributed by atoms with Gasteiger partial charge in [-0.2, -0.15) is 0 Å². The van der Waals surface area contributed by atoms with Crippen molar-refractivity contribution >= 4 is 26.0 Å². The minimum absolute atomic E-state index is 0.0985. The van der Waals surface area contributed by atoms with Crippen LogP contribution in [0.2, 0.25) is 0 Å². The van der Waals surface area contributed by atoms with Crippen molar-refractivity contribution in [2.45, 2.75) is 11.4 Å². The summed E-state index contributed by atoms with van der Waals surface area (Å²) in [6, 6.07) is 4.76. The van der Waals surface area contributed by atoms with Crippen molar-refractivity contribution < 1.29 is 8.42 Å². The maximum Gasteiger partial charge on any atom is 0.268 e. The second-order valence-electron chi connectivity index (χ2n) is 3.53. The summed E-state index contributed by atoms with van der Waals surface area (Å²) in [5.41, 5.74) is 0.0576. The lowest BCUT2D eigenvalue weighted by atomic mass is 10.4. The molecule has 96 valence electrons. The Morgan fingerprint density at radius 1 is 1.33 bits per heavy atom. The molecule has 0 aromatic carbocycles. The standard InChI is InChI=1S/C10H10BrN3O3S/c11-7-4-9(10(15)13-5-7)18(16,17)14-6-8-2-1-3-12-8/h1-5,12,14H,6H2,(H,13,15). The number of hydrogen-bond acceptors (Lipinski definition) is 3. The van der Waals surface area contributed by atoms with Gasteiger partial charge in [-0.05, 0) is 34.1 Å². The Morgan fingerprint density at radius 2 is 2.11 bits per heavy atom. The zero-order chi connectivity index (χ0) is 13.2. The highest BCUT2D eigenvalue weighted by molar-refractivity contribution is 9.10. The number of rotatable bonds is 4. The fourth-order valence-electron chi connectivity index (χ4n) is 1.37. The van der Waals surface area contributed by atoms with Crippen LogP contribution in [0.5, 0.6) is 0 Å². The summed E-state index contributed by atoms with van der Waals surface area (Å²) in [6.45, 7) is 0.0985. The van der Waals surface area contributed by atoms with Gasteiger partial charge in [-0.1, -0.05) is 0 Å². The molecular formula is C10H10BrN3O3S. The number of pyridine rings is 1. The van der Waals surface area contributed by atoms with E-state index in [4.69, 9.17) is 0 Å². The topological polar surface area (TPSA) is 94.8 Å². The molecule has 0 unspecified atom stereocenters. The molecule has 0 radical (unpaired) electrons. The van der Waals surface area contributed by atoms with E-state index in [9.17, 15) is 13.2 Å². The Morgan fingerprint density at radius 3 is 2.78 bits per heavy atom. The largest absolute Gasteiger partial charge is 0.364 e. The molecule has 3 N–H and O–H groups in total. The second kappa shape index (κ2) is 5.09. The molecule has 2 aromatic rings. The summed E-state index contributed by atoms with van der Waals surface area (Å²) in [6.07, 6.45) is 3.07. The second-order valence-corrected chi connectivity index (χ2v) is 6.18. The summed E-state index contributed by atoms with van der Waals surface area (Å²) in [4.78, 5) is 16.4. The van der Waals surface area contributed by atoms with Crippen molar-refractivity contribution in [3.8, 4) is 0 Å². The van der Waals surface area contributed by atoms with Gasteiger partial charge in [-0.25, -0.2) is 13.1 Å². The molecule has 0 aliphatic rings. The molecule has 18 heavy (non-hydrogen) atoms. The molecule has 2 rings (SSSR count). The Balaban J connectivity index is 2.25. The maximum atomic E-state index is 11.9. The third-order valence-electron chi connectivity index (χ3n) is 2.24. The number of aromatic amines is 2. The van der Waals surface area contributed by atoms with E-state index in [0.717, 1.165) is 0 Å². The van der Waals surface area contributed by atoms with Gasteiger partial charge in [-0.15, -0.1) is 0 Å². The highest BCUT2D eigenvalue weighted by Gasteiger charge is 2.18. The number of nitrogens with one attached hydrogen (secondary N) is 3. The highest BCUT2D eigenvalue weighted by atomic mass is 79.9. The molecule has 0 bridgehead atoms. The van der Waals surface area contributed by atoms with E-state index in [0.29, 0.717) is 10.2 Å². The van der Waals surface area contributed by atoms with Gasteiger partial charge < -0.3 is 9.97 Å². The molecule has 0 aliphatic carbocycles. The monoisotopic (exact) mass is 331 g/mol. The maximum absolute atomic E-state index is 11.9. The summed E-state index contributed by atoms with van der Waals surface area (Å²) in [5.74, 6) is 0. The van der Waals surface area contributed by atoms with Crippen molar-refractivity contribution in [1.29, 1.82) is 0 Å². The van der Waals surface area contributed by atoms with E-state index in [1.54, 1.807) is 18.3 Å². The van der Waals surface area contributed by atoms with Crippen molar-refractivity contribution in [3.05, 3.63) is 51.1 Å². The third kappa shape index (κ3) is 2.89. The quantitative estimate of drug-likeness (QED) is 0.778. The Hall–Kier alpha value is -1.38. The average Bonchev–Trinajstić information content (AvgIpc) is 2.83. The Bertz CT molecular complexity index is 691. The first kappa shape index (κ1) is 13.1. The first-order chi connectivity index (χ1) is 8.49. The molecule has 8 heteroatoms. The van der Waals surface area contributed by atoms with E-state index in [1.165, 1.54) is 12.3 Å². The SMILES string of the molecule is O=c1[nH]cc(Br)cc1S(=O)(=O)NCc1ccc[nH]1. The van der Waals surface area contributed by atoms with Crippen LogP contribution in [-0.4, -0.2) is 18.4 Å². The van der Waals surface area contributed by atoms with Crippen LogP contribution in [0.4, 0.5) is 0 Å². The smallest absolute Gasteiger partial charge is 0.268 e. The molecule has 0 fully saturated rings. The molecule has 0 spiro atoms. The van der Waals surface area contributed by atoms with Gasteiger partial charge >= 0.3 is 0 Å². The van der Waals surface area contributed by atoms with E-state index in [2.05, 4.69) is 30.6 Å². The van der Waals surface area contributed by atoms with Crippen LogP contribution >= 0.6 is 15.9 Å². The van der Waals surface area contributed by atoms with Crippen molar-refractivity contribution in [3.63, 3.8) is 0 Å². The first-order valence-electron chi connectivity index (χ1n) is 4.99. The molecular weight excluding hydrogens is 322 g/mol. The van der Waals surface area contributed by atoms with Gasteiger partial charge in [0.1, 0.15) is 4.90 Å². The predicted octanol–water partition coefficient (Wildman–Crippen LogP) is 0.944. The van der Waals surface area contributed by atoms with Gasteiger partial charge in [0.2, 0.25) is 10.0 Å². The first-order valence-corrected chi connectivity index (χ1v) is 7.27. The fourth-order valence-corrected chi connectivity index (χ4v) is 2.95. The summed E-state index contributed by atoms with van der Waals surface area (Å²) >= 11 is 3.11. The fraction of sp³-hybridized carbons (Fsp3) is 0.100. The lowest BCUT2D eigenvalue weighted by molar-refractivity contribution is 0.579. The summed E-state index contributed by atoms with van der Waals surface area (Å²) < 4.78 is 26.7. The van der Waals surface area contributed by atoms with Crippen LogP contribution in [0.3, 0.4) is 0 Å². The molecule has 0 amide bonds. The number of sulfonamides is 1. The van der Waals surface area contributed by atoms with Gasteiger partial charge in [0.05, 0.1) is 6.54 Å². The zero-order valence-corrected chi connectivity index (χ0v) is 11.5. The van der Waals surface area contributed by atoms with Crippen LogP contribution in [0, 0.1) is 0 Å².